The van der Waals surface area contributed by atoms with Crippen LogP contribution in [0.3, 0.4) is 0 Å². The van der Waals surface area contributed by atoms with Gasteiger partial charge < -0.3 is 15.1 Å². The molecule has 2 amide bonds. The van der Waals surface area contributed by atoms with E-state index in [1.54, 1.807) is 13.1 Å². The van der Waals surface area contributed by atoms with Crippen molar-refractivity contribution in [2.45, 2.75) is 19.3 Å². The van der Waals surface area contributed by atoms with Gasteiger partial charge in [-0.2, -0.15) is 0 Å². The van der Waals surface area contributed by atoms with E-state index < -0.39 is 0 Å². The summed E-state index contributed by atoms with van der Waals surface area (Å²) in [5.74, 6) is 0.00413. The van der Waals surface area contributed by atoms with Crippen LogP contribution in [0.4, 0.5) is 0 Å². The molecule has 0 spiro atoms. The Morgan fingerprint density at radius 1 is 1.33 bits per heavy atom. The molecule has 1 unspecified atom stereocenters. The van der Waals surface area contributed by atoms with Gasteiger partial charge in [0.1, 0.15) is 9.71 Å². The summed E-state index contributed by atoms with van der Waals surface area (Å²) in [6, 6.07) is 3.92. The van der Waals surface area contributed by atoms with Crippen LogP contribution < -0.4 is 5.32 Å². The number of hydrogen-bond donors (Lipinski definition) is 1. The van der Waals surface area contributed by atoms with Crippen LogP contribution in [0.2, 0.25) is 0 Å². The van der Waals surface area contributed by atoms with Crippen LogP contribution in [-0.2, 0) is 0 Å². The number of hydrogen-bond acceptors (Lipinski definition) is 8. The van der Waals surface area contributed by atoms with Crippen molar-refractivity contribution in [3.05, 3.63) is 39.3 Å². The first kappa shape index (κ1) is 20.8. The van der Waals surface area contributed by atoms with Gasteiger partial charge in [-0.1, -0.05) is 10.6 Å². The first-order valence-corrected chi connectivity index (χ1v) is 11.4. The third kappa shape index (κ3) is 4.07. The Morgan fingerprint density at radius 3 is 2.90 bits per heavy atom. The molecule has 1 N–H and O–H groups in total. The Hall–Kier alpha value is -2.43. The lowest BCUT2D eigenvalue weighted by Crippen LogP contribution is -2.31. The number of nitrogens with one attached hydrogen (secondary N) is 1. The molecule has 4 rings (SSSR count). The van der Waals surface area contributed by atoms with Crippen LogP contribution in [-0.4, -0.2) is 76.5 Å². The zero-order valence-electron chi connectivity index (χ0n) is 17.2. The van der Waals surface area contributed by atoms with E-state index >= 15 is 0 Å². The summed E-state index contributed by atoms with van der Waals surface area (Å²) in [7, 11) is 3.96. The molecule has 0 saturated carbocycles. The average Bonchev–Trinajstić information content (AvgIpc) is 3.44. The number of carbonyl (C=O) groups is 2. The molecule has 4 heterocycles. The molecule has 8 nitrogen and oxygen atoms in total. The number of amides is 2. The van der Waals surface area contributed by atoms with Crippen molar-refractivity contribution in [3.63, 3.8) is 0 Å². The summed E-state index contributed by atoms with van der Waals surface area (Å²) in [6.45, 7) is 4.39. The Morgan fingerprint density at radius 2 is 2.17 bits per heavy atom. The standard InChI is InChI=1S/C20H24N6O2S2/c1-12-16(30-24-23-12)20(28)26-9-6-13(11-26)15-14-5-4-7-22-19(14)29-17(15)18(27)21-8-10-25(2)3/h4-5,7,13H,6,8-11H2,1-3H3,(H,21,27). The van der Waals surface area contributed by atoms with Crippen LogP contribution in [0.5, 0.6) is 0 Å². The number of pyridine rings is 1. The molecule has 3 aromatic heterocycles. The molecule has 0 aromatic carbocycles. The van der Waals surface area contributed by atoms with E-state index in [0.717, 1.165) is 40.3 Å². The second-order valence-corrected chi connectivity index (χ2v) is 9.44. The van der Waals surface area contributed by atoms with Crippen LogP contribution in [0.1, 0.15) is 42.9 Å². The highest BCUT2D eigenvalue weighted by atomic mass is 32.1. The number of thiophene rings is 1. The summed E-state index contributed by atoms with van der Waals surface area (Å²) in [4.78, 5) is 36.4. The van der Waals surface area contributed by atoms with Crippen molar-refractivity contribution < 1.29 is 9.59 Å². The molecule has 1 fully saturated rings. The number of likely N-dealkylation sites (N-methyl/N-ethyl adjacent to an activating group) is 1. The fraction of sp³-hybridized carbons (Fsp3) is 0.450. The SMILES string of the molecule is Cc1nnsc1C(=O)N1CCC(c2c(C(=O)NCCN(C)C)sc3ncccc23)C1. The second kappa shape index (κ2) is 8.75. The van der Waals surface area contributed by atoms with Crippen molar-refractivity contribution in [1.29, 1.82) is 0 Å². The van der Waals surface area contributed by atoms with E-state index in [1.165, 1.54) is 11.3 Å². The quantitative estimate of drug-likeness (QED) is 0.628. The van der Waals surface area contributed by atoms with E-state index in [0.29, 0.717) is 35.1 Å². The minimum Gasteiger partial charge on any atom is -0.350 e. The normalized spacial score (nSPS) is 16.5. The second-order valence-electron chi connectivity index (χ2n) is 7.68. The maximum Gasteiger partial charge on any atom is 0.267 e. The highest BCUT2D eigenvalue weighted by Crippen LogP contribution is 2.39. The van der Waals surface area contributed by atoms with Crippen LogP contribution in [0.15, 0.2) is 18.3 Å². The Balaban J connectivity index is 1.59. The van der Waals surface area contributed by atoms with Crippen LogP contribution in [0.25, 0.3) is 10.2 Å². The van der Waals surface area contributed by atoms with Gasteiger partial charge in [0.05, 0.1) is 10.6 Å². The molecular weight excluding hydrogens is 420 g/mol. The largest absolute Gasteiger partial charge is 0.350 e. The van der Waals surface area contributed by atoms with Gasteiger partial charge in [0.2, 0.25) is 0 Å². The van der Waals surface area contributed by atoms with Crippen molar-refractivity contribution in [3.8, 4) is 0 Å². The molecule has 1 aliphatic rings. The molecule has 1 atom stereocenters. The first-order valence-electron chi connectivity index (χ1n) is 9.84. The number of fused-ring (bicyclic) bond motifs is 1. The third-order valence-electron chi connectivity index (χ3n) is 5.28. The fourth-order valence-electron chi connectivity index (χ4n) is 3.75. The van der Waals surface area contributed by atoms with Gasteiger partial charge >= 0.3 is 0 Å². The number of aromatic nitrogens is 3. The topological polar surface area (TPSA) is 91.3 Å². The van der Waals surface area contributed by atoms with Gasteiger partial charge in [0, 0.05) is 43.7 Å². The third-order valence-corrected chi connectivity index (χ3v) is 7.23. The molecule has 1 saturated heterocycles. The van der Waals surface area contributed by atoms with Crippen molar-refractivity contribution in [1.82, 2.24) is 29.7 Å². The Kier molecular flexibility index (Phi) is 6.07. The zero-order valence-corrected chi connectivity index (χ0v) is 18.8. The van der Waals surface area contributed by atoms with E-state index in [1.807, 2.05) is 36.0 Å². The van der Waals surface area contributed by atoms with E-state index in [4.69, 9.17) is 0 Å². The lowest BCUT2D eigenvalue weighted by atomic mass is 9.95. The lowest BCUT2D eigenvalue weighted by molar-refractivity contribution is 0.0794. The molecule has 0 radical (unpaired) electrons. The zero-order chi connectivity index (χ0) is 21.3. The maximum atomic E-state index is 13.0. The number of nitrogens with zero attached hydrogens (tertiary/aromatic N) is 5. The molecular formula is C20H24N6O2S2. The van der Waals surface area contributed by atoms with Crippen LogP contribution in [0, 0.1) is 6.92 Å². The van der Waals surface area contributed by atoms with Gasteiger partial charge in [-0.25, -0.2) is 4.98 Å². The summed E-state index contributed by atoms with van der Waals surface area (Å²) in [5, 5.41) is 7.99. The van der Waals surface area contributed by atoms with E-state index in [-0.39, 0.29) is 17.7 Å². The summed E-state index contributed by atoms with van der Waals surface area (Å²) in [6.07, 6.45) is 2.57. The summed E-state index contributed by atoms with van der Waals surface area (Å²) in [5.41, 5.74) is 1.68. The van der Waals surface area contributed by atoms with Crippen LogP contribution >= 0.6 is 22.9 Å². The van der Waals surface area contributed by atoms with Gasteiger partial charge in [0.25, 0.3) is 11.8 Å². The highest BCUT2D eigenvalue weighted by molar-refractivity contribution is 7.20. The molecule has 0 aliphatic carbocycles. The Labute approximate surface area is 183 Å². The molecule has 30 heavy (non-hydrogen) atoms. The smallest absolute Gasteiger partial charge is 0.267 e. The predicted molar refractivity (Wildman–Crippen MR) is 118 cm³/mol. The van der Waals surface area contributed by atoms with Gasteiger partial charge in [0.15, 0.2) is 0 Å². The minimum absolute atomic E-state index is 0.0281. The monoisotopic (exact) mass is 444 g/mol. The molecule has 158 valence electrons. The predicted octanol–water partition coefficient (Wildman–Crippen LogP) is 2.38. The van der Waals surface area contributed by atoms with Crippen molar-refractivity contribution in [2.75, 3.05) is 40.3 Å². The minimum atomic E-state index is -0.0675. The highest BCUT2D eigenvalue weighted by Gasteiger charge is 2.34. The van der Waals surface area contributed by atoms with E-state index in [2.05, 4.69) is 19.9 Å². The van der Waals surface area contributed by atoms with Crippen molar-refractivity contribution >= 4 is 44.9 Å². The number of rotatable bonds is 6. The van der Waals surface area contributed by atoms with Crippen molar-refractivity contribution in [2.24, 2.45) is 0 Å². The van der Waals surface area contributed by atoms with Gasteiger partial charge in [-0.05, 0) is 50.6 Å². The fourth-order valence-corrected chi connectivity index (χ4v) is 5.52. The van der Waals surface area contributed by atoms with Gasteiger partial charge in [-0.15, -0.1) is 16.4 Å². The first-order chi connectivity index (χ1) is 14.5. The van der Waals surface area contributed by atoms with Gasteiger partial charge in [-0.3, -0.25) is 9.59 Å². The number of likely N-dealkylation sites (tertiary alicyclic amines) is 1. The molecule has 0 bridgehead atoms. The average molecular weight is 445 g/mol. The molecule has 1 aliphatic heterocycles. The van der Waals surface area contributed by atoms with E-state index in [9.17, 15) is 9.59 Å². The summed E-state index contributed by atoms with van der Waals surface area (Å²) < 4.78 is 3.88. The lowest BCUT2D eigenvalue weighted by Gasteiger charge is -2.16. The Bertz CT molecular complexity index is 1080. The number of aryl methyl sites for hydroxylation is 1. The molecule has 3 aromatic rings. The number of carbonyl (C=O) groups excluding carboxylic acids is 2. The maximum absolute atomic E-state index is 13.0. The molecule has 10 heteroatoms. The summed E-state index contributed by atoms with van der Waals surface area (Å²) >= 11 is 2.57.